The van der Waals surface area contributed by atoms with Crippen LogP contribution in [0.2, 0.25) is 0 Å². The first-order valence-corrected chi connectivity index (χ1v) is 6.56. The summed E-state index contributed by atoms with van der Waals surface area (Å²) in [7, 11) is 0. The lowest BCUT2D eigenvalue weighted by molar-refractivity contribution is -0.137. The first kappa shape index (κ1) is 15.6. The molecule has 1 unspecified atom stereocenters. The molecule has 3 nitrogen and oxygen atoms in total. The van der Waals surface area contributed by atoms with Gasteiger partial charge in [0, 0.05) is 5.56 Å². The molecule has 0 amide bonds. The molecule has 0 aliphatic carbocycles. The van der Waals surface area contributed by atoms with Gasteiger partial charge in [0.2, 0.25) is 5.89 Å². The minimum atomic E-state index is -4.37. The fourth-order valence-electron chi connectivity index (χ4n) is 1.98. The maximum atomic E-state index is 12.5. The average Bonchev–Trinajstić information content (AvgIpc) is 2.83. The van der Waals surface area contributed by atoms with E-state index >= 15 is 0 Å². The molecule has 21 heavy (non-hydrogen) atoms. The van der Waals surface area contributed by atoms with Crippen molar-refractivity contribution < 1.29 is 22.7 Å². The highest BCUT2D eigenvalue weighted by molar-refractivity contribution is 5.54. The minimum Gasteiger partial charge on any atom is -0.438 e. The number of aromatic nitrogens is 1. The first-order chi connectivity index (χ1) is 9.70. The molecule has 0 fully saturated rings. The van der Waals surface area contributed by atoms with Gasteiger partial charge in [-0.25, -0.2) is 4.98 Å². The number of halogens is 3. The molecule has 1 atom stereocenters. The van der Waals surface area contributed by atoms with Crippen LogP contribution >= 0.6 is 0 Å². The Hall–Kier alpha value is -1.82. The number of rotatable bonds is 3. The highest BCUT2D eigenvalue weighted by Gasteiger charge is 2.30. The van der Waals surface area contributed by atoms with Crippen LogP contribution < -0.4 is 0 Å². The summed E-state index contributed by atoms with van der Waals surface area (Å²) >= 11 is 0. The molecule has 0 radical (unpaired) electrons. The van der Waals surface area contributed by atoms with Crippen LogP contribution in [0.4, 0.5) is 13.2 Å². The third-order valence-electron chi connectivity index (χ3n) is 3.07. The highest BCUT2D eigenvalue weighted by Crippen LogP contribution is 2.33. The third-order valence-corrected chi connectivity index (χ3v) is 3.07. The zero-order valence-electron chi connectivity index (χ0n) is 11.9. The molecule has 6 heteroatoms. The van der Waals surface area contributed by atoms with Crippen molar-refractivity contribution >= 4 is 0 Å². The average molecular weight is 299 g/mol. The minimum absolute atomic E-state index is 0.0431. The summed E-state index contributed by atoms with van der Waals surface area (Å²) in [6, 6.07) is 4.59. The number of nitrogens with zero attached hydrogens (tertiary/aromatic N) is 1. The molecule has 0 spiro atoms. The Morgan fingerprint density at radius 1 is 1.10 bits per heavy atom. The topological polar surface area (TPSA) is 46.3 Å². The Kier molecular flexibility index (Phi) is 4.09. The van der Waals surface area contributed by atoms with E-state index in [1.165, 1.54) is 12.1 Å². The summed E-state index contributed by atoms with van der Waals surface area (Å²) in [5.41, 5.74) is 0.328. The smallest absolute Gasteiger partial charge is 0.416 e. The maximum absolute atomic E-state index is 12.5. The van der Waals surface area contributed by atoms with Crippen molar-refractivity contribution in [2.75, 3.05) is 0 Å². The number of aliphatic hydroxyl groups is 1. The molecular weight excluding hydrogens is 283 g/mol. The van der Waals surface area contributed by atoms with Crippen LogP contribution in [0.25, 0.3) is 11.5 Å². The van der Waals surface area contributed by atoms with Gasteiger partial charge in [-0.1, -0.05) is 13.8 Å². The molecule has 0 saturated carbocycles. The normalized spacial score (nSPS) is 13.7. The Labute approximate surface area is 120 Å². The lowest BCUT2D eigenvalue weighted by Crippen LogP contribution is -2.03. The van der Waals surface area contributed by atoms with Crippen molar-refractivity contribution in [1.82, 2.24) is 4.98 Å². The van der Waals surface area contributed by atoms with Crippen molar-refractivity contribution in [3.05, 3.63) is 41.3 Å². The zero-order chi connectivity index (χ0) is 15.8. The van der Waals surface area contributed by atoms with Crippen LogP contribution in [0.1, 0.15) is 49.8 Å². The molecule has 0 saturated heterocycles. The van der Waals surface area contributed by atoms with Gasteiger partial charge < -0.3 is 9.52 Å². The lowest BCUT2D eigenvalue weighted by atomic mass is 10.1. The number of aliphatic hydroxyl groups excluding tert-OH is 1. The predicted octanol–water partition coefficient (Wildman–Crippen LogP) is 4.54. The van der Waals surface area contributed by atoms with Crippen LogP contribution in [0.5, 0.6) is 0 Å². The molecular formula is C15H16F3NO2. The largest absolute Gasteiger partial charge is 0.438 e. The SMILES string of the molecule is CC(C)c1nc(-c2ccc(C(F)(F)F)cc2)oc1C(C)O. The molecule has 0 aliphatic heterocycles. The summed E-state index contributed by atoms with van der Waals surface area (Å²) in [4.78, 5) is 4.29. The first-order valence-electron chi connectivity index (χ1n) is 6.56. The second-order valence-electron chi connectivity index (χ2n) is 5.17. The third kappa shape index (κ3) is 3.26. The van der Waals surface area contributed by atoms with E-state index in [2.05, 4.69) is 4.98 Å². The number of oxazole rings is 1. The van der Waals surface area contributed by atoms with E-state index in [4.69, 9.17) is 4.42 Å². The number of benzene rings is 1. The fourth-order valence-corrected chi connectivity index (χ4v) is 1.98. The number of hydrogen-bond acceptors (Lipinski definition) is 3. The Bertz CT molecular complexity index is 587. The van der Waals surface area contributed by atoms with Gasteiger partial charge in [0.1, 0.15) is 6.10 Å². The van der Waals surface area contributed by atoms with Crippen LogP contribution in [0, 0.1) is 0 Å². The lowest BCUT2D eigenvalue weighted by Gasteiger charge is -2.06. The van der Waals surface area contributed by atoms with E-state index in [9.17, 15) is 18.3 Å². The molecule has 0 bridgehead atoms. The molecule has 0 aliphatic rings. The monoisotopic (exact) mass is 299 g/mol. The maximum Gasteiger partial charge on any atom is 0.416 e. The van der Waals surface area contributed by atoms with Gasteiger partial charge in [0.15, 0.2) is 5.76 Å². The van der Waals surface area contributed by atoms with Gasteiger partial charge >= 0.3 is 6.18 Å². The van der Waals surface area contributed by atoms with Crippen molar-refractivity contribution in [3.8, 4) is 11.5 Å². The van der Waals surface area contributed by atoms with Crippen molar-refractivity contribution in [2.24, 2.45) is 0 Å². The van der Waals surface area contributed by atoms with E-state index in [1.807, 2.05) is 13.8 Å². The van der Waals surface area contributed by atoms with Crippen molar-refractivity contribution in [2.45, 2.75) is 39.0 Å². The molecule has 2 aromatic rings. The second kappa shape index (κ2) is 5.52. The predicted molar refractivity (Wildman–Crippen MR) is 71.7 cm³/mol. The van der Waals surface area contributed by atoms with Crippen LogP contribution in [0.15, 0.2) is 28.7 Å². The standard InChI is InChI=1S/C15H16F3NO2/c1-8(2)12-13(9(3)20)21-14(19-12)10-4-6-11(7-5-10)15(16,17)18/h4-9,20H,1-3H3. The fraction of sp³-hybridized carbons (Fsp3) is 0.400. The van der Waals surface area contributed by atoms with Crippen molar-refractivity contribution in [1.29, 1.82) is 0 Å². The van der Waals surface area contributed by atoms with Gasteiger partial charge in [-0.05, 0) is 37.1 Å². The van der Waals surface area contributed by atoms with E-state index in [0.29, 0.717) is 17.0 Å². The molecule has 1 heterocycles. The van der Waals surface area contributed by atoms with Gasteiger partial charge in [-0.3, -0.25) is 0 Å². The summed E-state index contributed by atoms with van der Waals surface area (Å²) in [5.74, 6) is 0.602. The number of alkyl halides is 3. The van der Waals surface area contributed by atoms with Gasteiger partial charge in [-0.15, -0.1) is 0 Å². The van der Waals surface area contributed by atoms with Crippen LogP contribution in [0.3, 0.4) is 0 Å². The quantitative estimate of drug-likeness (QED) is 0.905. The van der Waals surface area contributed by atoms with Crippen molar-refractivity contribution in [3.63, 3.8) is 0 Å². The van der Waals surface area contributed by atoms with Gasteiger partial charge in [0.25, 0.3) is 0 Å². The Morgan fingerprint density at radius 2 is 1.67 bits per heavy atom. The number of hydrogen-bond donors (Lipinski definition) is 1. The summed E-state index contributed by atoms with van der Waals surface area (Å²) in [6.07, 6.45) is -5.19. The summed E-state index contributed by atoms with van der Waals surface area (Å²) < 4.78 is 43.1. The summed E-state index contributed by atoms with van der Waals surface area (Å²) in [6.45, 7) is 5.36. The molecule has 1 aromatic heterocycles. The Morgan fingerprint density at radius 3 is 2.05 bits per heavy atom. The Balaban J connectivity index is 2.41. The van der Waals surface area contributed by atoms with Gasteiger partial charge in [0.05, 0.1) is 11.3 Å². The van der Waals surface area contributed by atoms with E-state index in [0.717, 1.165) is 12.1 Å². The molecule has 1 aromatic carbocycles. The van der Waals surface area contributed by atoms with Crippen LogP contribution in [-0.2, 0) is 6.18 Å². The van der Waals surface area contributed by atoms with Crippen LogP contribution in [-0.4, -0.2) is 10.1 Å². The van der Waals surface area contributed by atoms with E-state index in [1.54, 1.807) is 6.92 Å². The van der Waals surface area contributed by atoms with Gasteiger partial charge in [-0.2, -0.15) is 13.2 Å². The molecule has 114 valence electrons. The molecule has 2 rings (SSSR count). The molecule has 1 N–H and O–H groups in total. The highest BCUT2D eigenvalue weighted by atomic mass is 19.4. The van der Waals surface area contributed by atoms with E-state index in [-0.39, 0.29) is 11.8 Å². The van der Waals surface area contributed by atoms with E-state index < -0.39 is 17.8 Å². The zero-order valence-corrected chi connectivity index (χ0v) is 11.9. The second-order valence-corrected chi connectivity index (χ2v) is 5.17. The summed E-state index contributed by atoms with van der Waals surface area (Å²) in [5, 5.41) is 9.68.